The minimum atomic E-state index is -3.12. The first kappa shape index (κ1) is 18.2. The minimum absolute atomic E-state index is 0.127. The topological polar surface area (TPSA) is 46.2 Å². The van der Waals surface area contributed by atoms with E-state index in [-0.39, 0.29) is 23.0 Å². The van der Waals surface area contributed by atoms with Crippen molar-refractivity contribution in [2.75, 3.05) is 12.3 Å². The molecule has 120 valence electrons. The Balaban J connectivity index is 3.02. The van der Waals surface area contributed by atoms with Crippen LogP contribution in [0.2, 0.25) is 0 Å². The van der Waals surface area contributed by atoms with Gasteiger partial charge in [-0.15, -0.1) is 0 Å². The van der Waals surface area contributed by atoms with Gasteiger partial charge >= 0.3 is 0 Å². The number of hydrogen-bond acceptors (Lipinski definition) is 3. The molecule has 0 saturated carbocycles. The van der Waals surface area contributed by atoms with Gasteiger partial charge in [-0.2, -0.15) is 0 Å². The van der Waals surface area contributed by atoms with Crippen molar-refractivity contribution in [2.45, 2.75) is 52.3 Å². The first-order valence-corrected chi connectivity index (χ1v) is 9.51. The second kappa shape index (κ2) is 7.95. The number of rotatable bonds is 8. The van der Waals surface area contributed by atoms with Gasteiger partial charge in [-0.1, -0.05) is 45.0 Å². The molecule has 0 aliphatic heterocycles. The highest BCUT2D eigenvalue weighted by molar-refractivity contribution is 7.92. The van der Waals surface area contributed by atoms with Crippen LogP contribution in [-0.4, -0.2) is 26.0 Å². The van der Waals surface area contributed by atoms with Crippen molar-refractivity contribution in [1.82, 2.24) is 5.32 Å². The molecule has 0 fully saturated rings. The van der Waals surface area contributed by atoms with Gasteiger partial charge in [0.1, 0.15) is 0 Å². The summed E-state index contributed by atoms with van der Waals surface area (Å²) in [6.45, 7) is 10.7. The van der Waals surface area contributed by atoms with E-state index in [0.717, 1.165) is 24.1 Å². The van der Waals surface area contributed by atoms with E-state index in [1.54, 1.807) is 0 Å². The van der Waals surface area contributed by atoms with Gasteiger partial charge in [0, 0.05) is 6.04 Å². The summed E-state index contributed by atoms with van der Waals surface area (Å²) >= 11 is 0. The first-order chi connectivity index (χ1) is 9.79. The third kappa shape index (κ3) is 5.11. The summed E-state index contributed by atoms with van der Waals surface area (Å²) in [4.78, 5) is 0. The van der Waals surface area contributed by atoms with Crippen molar-refractivity contribution in [1.29, 1.82) is 0 Å². The Bertz CT molecular complexity index is 537. The van der Waals surface area contributed by atoms with Gasteiger partial charge in [0.05, 0.1) is 11.0 Å². The van der Waals surface area contributed by atoms with Crippen LogP contribution in [0.15, 0.2) is 24.3 Å². The zero-order valence-corrected chi connectivity index (χ0v) is 14.7. The Morgan fingerprint density at radius 2 is 1.76 bits per heavy atom. The van der Waals surface area contributed by atoms with E-state index in [0.29, 0.717) is 0 Å². The van der Waals surface area contributed by atoms with Crippen LogP contribution in [-0.2, 0) is 9.84 Å². The fourth-order valence-corrected chi connectivity index (χ4v) is 4.25. The molecule has 1 N–H and O–H groups in total. The Labute approximate surface area is 130 Å². The molecule has 3 nitrogen and oxygen atoms in total. The Morgan fingerprint density at radius 1 is 1.14 bits per heavy atom. The van der Waals surface area contributed by atoms with Gasteiger partial charge in [0.2, 0.25) is 0 Å². The highest BCUT2D eigenvalue weighted by atomic mass is 32.2. The van der Waals surface area contributed by atoms with Crippen LogP contribution in [0.25, 0.3) is 0 Å². The monoisotopic (exact) mass is 311 g/mol. The van der Waals surface area contributed by atoms with Crippen molar-refractivity contribution >= 4 is 9.84 Å². The zero-order valence-electron chi connectivity index (χ0n) is 13.9. The lowest BCUT2D eigenvalue weighted by Crippen LogP contribution is -2.34. The summed E-state index contributed by atoms with van der Waals surface area (Å²) in [5.74, 6) is 0.302. The number of aryl methyl sites for hydroxylation is 1. The van der Waals surface area contributed by atoms with Gasteiger partial charge in [0.25, 0.3) is 0 Å². The van der Waals surface area contributed by atoms with Gasteiger partial charge in [-0.05, 0) is 43.9 Å². The summed E-state index contributed by atoms with van der Waals surface area (Å²) in [5, 5.41) is 3.08. The number of benzene rings is 1. The fourth-order valence-electron chi connectivity index (χ4n) is 2.35. The lowest BCUT2D eigenvalue weighted by molar-refractivity contribution is 0.519. The molecule has 0 radical (unpaired) electrons. The maximum Gasteiger partial charge on any atom is 0.155 e. The normalized spacial score (nSPS) is 15.1. The van der Waals surface area contributed by atoms with Crippen molar-refractivity contribution in [2.24, 2.45) is 5.92 Å². The Kier molecular flexibility index (Phi) is 6.88. The van der Waals surface area contributed by atoms with E-state index in [2.05, 4.69) is 12.2 Å². The molecule has 4 heteroatoms. The predicted octanol–water partition coefficient (Wildman–Crippen LogP) is 3.50. The van der Waals surface area contributed by atoms with Crippen LogP contribution >= 0.6 is 0 Å². The molecular formula is C17H29NO2S. The molecule has 1 aromatic carbocycles. The molecule has 2 atom stereocenters. The smallest absolute Gasteiger partial charge is 0.155 e. The SMILES string of the molecule is CCCNC(CS(=O)(=O)C(C)C(C)C)c1ccccc1C. The average molecular weight is 311 g/mol. The molecule has 1 aromatic rings. The second-order valence-corrected chi connectivity index (χ2v) is 8.54. The molecule has 0 saturated heterocycles. The van der Waals surface area contributed by atoms with Gasteiger partial charge < -0.3 is 5.32 Å². The van der Waals surface area contributed by atoms with Crippen molar-refractivity contribution in [3.05, 3.63) is 35.4 Å². The molecule has 0 heterocycles. The molecule has 0 spiro atoms. The molecule has 1 rings (SSSR count). The van der Waals surface area contributed by atoms with Crippen molar-refractivity contribution < 1.29 is 8.42 Å². The Morgan fingerprint density at radius 3 is 2.29 bits per heavy atom. The summed E-state index contributed by atoms with van der Waals surface area (Å²) in [7, 11) is -3.12. The quantitative estimate of drug-likeness (QED) is 0.799. The maximum atomic E-state index is 12.6. The van der Waals surface area contributed by atoms with E-state index < -0.39 is 9.84 Å². The third-order valence-corrected chi connectivity index (χ3v) is 6.58. The molecule has 0 aliphatic rings. The van der Waals surface area contributed by atoms with E-state index in [1.807, 2.05) is 52.0 Å². The minimum Gasteiger partial charge on any atom is -0.309 e. The van der Waals surface area contributed by atoms with Crippen LogP contribution in [0.4, 0.5) is 0 Å². The lowest BCUT2D eigenvalue weighted by atomic mass is 10.0. The highest BCUT2D eigenvalue weighted by Gasteiger charge is 2.28. The standard InChI is InChI=1S/C17H29NO2S/c1-6-11-18-17(16-10-8-7-9-14(16)4)12-21(19,20)15(5)13(2)3/h7-10,13,15,17-18H,6,11-12H2,1-5H3. The summed E-state index contributed by atoms with van der Waals surface area (Å²) in [5.41, 5.74) is 2.23. The molecule has 0 bridgehead atoms. The van der Waals surface area contributed by atoms with Crippen LogP contribution in [0.1, 0.15) is 51.3 Å². The summed E-state index contributed by atoms with van der Waals surface area (Å²) < 4.78 is 25.2. The lowest BCUT2D eigenvalue weighted by Gasteiger charge is -2.24. The predicted molar refractivity (Wildman–Crippen MR) is 90.3 cm³/mol. The fraction of sp³-hybridized carbons (Fsp3) is 0.647. The molecule has 0 aliphatic carbocycles. The van der Waals surface area contributed by atoms with Crippen molar-refractivity contribution in [3.8, 4) is 0 Å². The highest BCUT2D eigenvalue weighted by Crippen LogP contribution is 2.23. The van der Waals surface area contributed by atoms with Crippen LogP contribution in [0.3, 0.4) is 0 Å². The zero-order chi connectivity index (χ0) is 16.0. The summed E-state index contributed by atoms with van der Waals surface area (Å²) in [6, 6.07) is 7.90. The van der Waals surface area contributed by atoms with Gasteiger partial charge in [0.15, 0.2) is 9.84 Å². The largest absolute Gasteiger partial charge is 0.309 e. The van der Waals surface area contributed by atoms with Gasteiger partial charge in [-0.3, -0.25) is 0 Å². The van der Waals surface area contributed by atoms with Crippen LogP contribution in [0, 0.1) is 12.8 Å². The molecular weight excluding hydrogens is 282 g/mol. The van der Waals surface area contributed by atoms with Crippen molar-refractivity contribution in [3.63, 3.8) is 0 Å². The molecule has 0 amide bonds. The molecule has 0 aromatic heterocycles. The second-order valence-electron chi connectivity index (χ2n) is 6.14. The van der Waals surface area contributed by atoms with E-state index in [9.17, 15) is 8.42 Å². The van der Waals surface area contributed by atoms with Crippen LogP contribution in [0.5, 0.6) is 0 Å². The maximum absolute atomic E-state index is 12.6. The van der Waals surface area contributed by atoms with Gasteiger partial charge in [-0.25, -0.2) is 8.42 Å². The number of nitrogens with one attached hydrogen (secondary N) is 1. The van der Waals surface area contributed by atoms with E-state index in [4.69, 9.17) is 0 Å². The summed E-state index contributed by atoms with van der Waals surface area (Å²) in [6.07, 6.45) is 0.988. The van der Waals surface area contributed by atoms with E-state index >= 15 is 0 Å². The first-order valence-electron chi connectivity index (χ1n) is 7.80. The average Bonchev–Trinajstić information content (AvgIpc) is 2.43. The number of hydrogen-bond donors (Lipinski definition) is 1. The Hall–Kier alpha value is -0.870. The van der Waals surface area contributed by atoms with Crippen LogP contribution < -0.4 is 5.32 Å². The van der Waals surface area contributed by atoms with E-state index in [1.165, 1.54) is 0 Å². The molecule has 2 unspecified atom stereocenters. The number of sulfone groups is 1. The third-order valence-electron chi connectivity index (χ3n) is 4.11. The molecule has 21 heavy (non-hydrogen) atoms.